The van der Waals surface area contributed by atoms with Crippen LogP contribution in [0.4, 0.5) is 5.69 Å². The van der Waals surface area contributed by atoms with Crippen molar-refractivity contribution in [3.05, 3.63) is 21.0 Å². The second-order valence-corrected chi connectivity index (χ2v) is 8.09. The van der Waals surface area contributed by atoms with E-state index < -0.39 is 0 Å². The minimum atomic E-state index is -0.00954. The zero-order chi connectivity index (χ0) is 14.8. The topological polar surface area (TPSA) is 46.9 Å². The molecule has 1 aromatic rings. The lowest BCUT2D eigenvalue weighted by Crippen LogP contribution is -2.30. The molecule has 116 valence electrons. The maximum absolute atomic E-state index is 12.3. The van der Waals surface area contributed by atoms with Gasteiger partial charge in [0, 0.05) is 17.8 Å². The normalized spacial score (nSPS) is 25.8. The standard InChI is InChI=1S/C15H22BrN3OS/c1-21-12-6-4-11(5-7-12)18-13-8-17-19(9-10-2-3-10)15(20)14(13)16/h8,10-12,18H,2-7,9H2,1H3. The molecular weight excluding hydrogens is 350 g/mol. The average molecular weight is 372 g/mol. The first kappa shape index (κ1) is 15.4. The van der Waals surface area contributed by atoms with Crippen molar-refractivity contribution >= 4 is 33.4 Å². The number of halogens is 1. The van der Waals surface area contributed by atoms with E-state index in [1.54, 1.807) is 10.9 Å². The summed E-state index contributed by atoms with van der Waals surface area (Å²) < 4.78 is 2.22. The zero-order valence-electron chi connectivity index (χ0n) is 12.3. The van der Waals surface area contributed by atoms with Crippen molar-refractivity contribution in [1.82, 2.24) is 9.78 Å². The summed E-state index contributed by atoms with van der Waals surface area (Å²) in [4.78, 5) is 12.3. The molecule has 3 rings (SSSR count). The Morgan fingerprint density at radius 3 is 2.67 bits per heavy atom. The maximum Gasteiger partial charge on any atom is 0.283 e. The van der Waals surface area contributed by atoms with Crippen LogP contribution in [0.5, 0.6) is 0 Å². The highest BCUT2D eigenvalue weighted by Crippen LogP contribution is 2.31. The molecule has 0 unspecified atom stereocenters. The van der Waals surface area contributed by atoms with Crippen LogP contribution in [0.1, 0.15) is 38.5 Å². The first-order valence-electron chi connectivity index (χ1n) is 7.72. The first-order chi connectivity index (χ1) is 10.2. The second kappa shape index (κ2) is 6.73. The van der Waals surface area contributed by atoms with E-state index in [2.05, 4.69) is 32.6 Å². The van der Waals surface area contributed by atoms with Crippen molar-refractivity contribution in [2.24, 2.45) is 5.92 Å². The second-order valence-electron chi connectivity index (χ2n) is 6.16. The van der Waals surface area contributed by atoms with E-state index in [4.69, 9.17) is 0 Å². The van der Waals surface area contributed by atoms with E-state index in [1.807, 2.05) is 11.8 Å². The van der Waals surface area contributed by atoms with Gasteiger partial charge in [-0.15, -0.1) is 0 Å². The number of thioether (sulfide) groups is 1. The molecule has 0 bridgehead atoms. The highest BCUT2D eigenvalue weighted by molar-refractivity contribution is 9.10. The number of nitrogens with zero attached hydrogens (tertiary/aromatic N) is 2. The van der Waals surface area contributed by atoms with E-state index in [-0.39, 0.29) is 5.56 Å². The lowest BCUT2D eigenvalue weighted by atomic mass is 9.95. The summed E-state index contributed by atoms with van der Waals surface area (Å²) in [5.41, 5.74) is 0.837. The van der Waals surface area contributed by atoms with Gasteiger partial charge in [-0.3, -0.25) is 4.79 Å². The fraction of sp³-hybridized carbons (Fsp3) is 0.733. The predicted octanol–water partition coefficient (Wildman–Crippen LogP) is 3.50. The summed E-state index contributed by atoms with van der Waals surface area (Å²) in [5, 5.41) is 8.62. The van der Waals surface area contributed by atoms with E-state index in [0.717, 1.165) is 17.5 Å². The van der Waals surface area contributed by atoms with Crippen LogP contribution in [-0.2, 0) is 6.54 Å². The van der Waals surface area contributed by atoms with E-state index in [0.29, 0.717) is 16.4 Å². The molecular formula is C15H22BrN3OS. The molecule has 2 saturated carbocycles. The number of nitrogens with one attached hydrogen (secondary N) is 1. The number of hydrogen-bond donors (Lipinski definition) is 1. The lowest BCUT2D eigenvalue weighted by Gasteiger charge is -2.28. The maximum atomic E-state index is 12.3. The van der Waals surface area contributed by atoms with Gasteiger partial charge in [0.2, 0.25) is 0 Å². The first-order valence-corrected chi connectivity index (χ1v) is 9.80. The Morgan fingerprint density at radius 2 is 2.05 bits per heavy atom. The van der Waals surface area contributed by atoms with Crippen molar-refractivity contribution in [1.29, 1.82) is 0 Å². The van der Waals surface area contributed by atoms with Crippen LogP contribution in [0.3, 0.4) is 0 Å². The smallest absolute Gasteiger partial charge is 0.283 e. The van der Waals surface area contributed by atoms with Gasteiger partial charge < -0.3 is 5.32 Å². The molecule has 1 N–H and O–H groups in total. The monoisotopic (exact) mass is 371 g/mol. The third-order valence-electron chi connectivity index (χ3n) is 4.48. The van der Waals surface area contributed by atoms with Gasteiger partial charge in [-0.25, -0.2) is 4.68 Å². The van der Waals surface area contributed by atoms with Crippen LogP contribution in [-0.4, -0.2) is 27.3 Å². The molecule has 0 aliphatic heterocycles. The predicted molar refractivity (Wildman–Crippen MR) is 92.1 cm³/mol. The minimum absolute atomic E-state index is 0.00954. The van der Waals surface area contributed by atoms with Crippen molar-refractivity contribution in [3.63, 3.8) is 0 Å². The summed E-state index contributed by atoms with van der Waals surface area (Å²) in [6.07, 6.45) is 11.3. The van der Waals surface area contributed by atoms with Crippen LogP contribution in [0.25, 0.3) is 0 Å². The molecule has 0 amide bonds. The summed E-state index contributed by atoms with van der Waals surface area (Å²) in [6.45, 7) is 0.760. The van der Waals surface area contributed by atoms with Gasteiger partial charge in [-0.05, 0) is 66.6 Å². The van der Waals surface area contributed by atoms with Crippen molar-refractivity contribution in [2.45, 2.75) is 56.4 Å². The Labute approximate surface area is 138 Å². The Bertz CT molecular complexity index is 550. The van der Waals surface area contributed by atoms with Crippen molar-refractivity contribution < 1.29 is 0 Å². The van der Waals surface area contributed by atoms with Crippen molar-refractivity contribution in [3.8, 4) is 0 Å². The number of rotatable bonds is 5. The highest BCUT2D eigenvalue weighted by Gasteiger charge is 2.24. The van der Waals surface area contributed by atoms with Gasteiger partial charge >= 0.3 is 0 Å². The molecule has 0 aromatic carbocycles. The summed E-state index contributed by atoms with van der Waals surface area (Å²) in [6, 6.07) is 0.463. The third kappa shape index (κ3) is 3.83. The van der Waals surface area contributed by atoms with Gasteiger partial charge in [0.15, 0.2) is 0 Å². The summed E-state index contributed by atoms with van der Waals surface area (Å²) in [7, 11) is 0. The number of hydrogen-bond acceptors (Lipinski definition) is 4. The third-order valence-corrected chi connectivity index (χ3v) is 6.38. The van der Waals surface area contributed by atoms with Gasteiger partial charge in [-0.2, -0.15) is 16.9 Å². The Balaban J connectivity index is 1.65. The fourth-order valence-corrected chi connectivity index (χ4v) is 4.07. The number of anilines is 1. The van der Waals surface area contributed by atoms with E-state index in [1.165, 1.54) is 38.5 Å². The van der Waals surface area contributed by atoms with Crippen LogP contribution in [0.15, 0.2) is 15.5 Å². The molecule has 0 atom stereocenters. The Morgan fingerprint density at radius 1 is 1.33 bits per heavy atom. The average Bonchev–Trinajstić information content (AvgIpc) is 3.32. The van der Waals surface area contributed by atoms with E-state index >= 15 is 0 Å². The quantitative estimate of drug-likeness (QED) is 0.860. The Hall–Kier alpha value is -0.490. The molecule has 2 aliphatic carbocycles. The van der Waals surface area contributed by atoms with Gasteiger partial charge in [0.25, 0.3) is 5.56 Å². The largest absolute Gasteiger partial charge is 0.380 e. The zero-order valence-corrected chi connectivity index (χ0v) is 14.8. The molecule has 2 aliphatic rings. The minimum Gasteiger partial charge on any atom is -0.380 e. The SMILES string of the molecule is CSC1CCC(Nc2cnn(CC3CC3)c(=O)c2Br)CC1. The molecule has 0 saturated heterocycles. The number of aromatic nitrogens is 2. The molecule has 21 heavy (non-hydrogen) atoms. The van der Waals surface area contributed by atoms with Crippen LogP contribution in [0, 0.1) is 5.92 Å². The molecule has 0 radical (unpaired) electrons. The fourth-order valence-electron chi connectivity index (χ4n) is 2.90. The summed E-state index contributed by atoms with van der Waals surface area (Å²) in [5.74, 6) is 0.655. The molecule has 4 nitrogen and oxygen atoms in total. The molecule has 0 spiro atoms. The highest BCUT2D eigenvalue weighted by atomic mass is 79.9. The molecule has 1 heterocycles. The van der Waals surface area contributed by atoms with Gasteiger partial charge in [-0.1, -0.05) is 0 Å². The van der Waals surface area contributed by atoms with Crippen molar-refractivity contribution in [2.75, 3.05) is 11.6 Å². The molecule has 6 heteroatoms. The van der Waals surface area contributed by atoms with Gasteiger partial charge in [0.1, 0.15) is 4.47 Å². The summed E-state index contributed by atoms with van der Waals surface area (Å²) >= 11 is 5.42. The Kier molecular flexibility index (Phi) is 4.94. The van der Waals surface area contributed by atoms with E-state index in [9.17, 15) is 4.79 Å². The lowest BCUT2D eigenvalue weighted by molar-refractivity contribution is 0.472. The molecule has 1 aromatic heterocycles. The van der Waals surface area contributed by atoms with Crippen LogP contribution >= 0.6 is 27.7 Å². The van der Waals surface area contributed by atoms with Gasteiger partial charge in [0.05, 0.1) is 11.9 Å². The molecule has 2 fully saturated rings. The van der Waals surface area contributed by atoms with Crippen LogP contribution < -0.4 is 10.9 Å². The van der Waals surface area contributed by atoms with Crippen LogP contribution in [0.2, 0.25) is 0 Å².